The number of carbonyl (C=O) groups is 1. The van der Waals surface area contributed by atoms with E-state index in [1.165, 1.54) is 4.90 Å². The molecule has 1 saturated heterocycles. The van der Waals surface area contributed by atoms with Crippen LogP contribution < -0.4 is 0 Å². The number of carbonyl (C=O) groups excluding carboxylic acids is 1. The fourth-order valence-corrected chi connectivity index (χ4v) is 2.22. The Morgan fingerprint density at radius 1 is 1.33 bits per heavy atom. The standard InChI is InChI=1S/C15H20N2O4/c1-14(2,3)21-13(18)17-9-15(19,10-17)12-6-4-11(5-7-12)8-16-20/h4-7,19H,8-10H2,1-3H3. The topological polar surface area (TPSA) is 79.2 Å². The van der Waals surface area contributed by atoms with Crippen molar-refractivity contribution in [2.75, 3.05) is 13.1 Å². The molecule has 1 fully saturated rings. The summed E-state index contributed by atoms with van der Waals surface area (Å²) < 4.78 is 5.25. The number of rotatable bonds is 3. The van der Waals surface area contributed by atoms with E-state index in [2.05, 4.69) is 5.18 Å². The third-order valence-corrected chi connectivity index (χ3v) is 3.29. The Balaban J connectivity index is 1.97. The van der Waals surface area contributed by atoms with Gasteiger partial charge >= 0.3 is 6.09 Å². The van der Waals surface area contributed by atoms with Crippen molar-refractivity contribution in [3.8, 4) is 0 Å². The van der Waals surface area contributed by atoms with Gasteiger partial charge in [0.1, 0.15) is 17.7 Å². The van der Waals surface area contributed by atoms with E-state index >= 15 is 0 Å². The second-order valence-corrected chi connectivity index (χ2v) is 6.35. The Morgan fingerprint density at radius 3 is 2.38 bits per heavy atom. The molecule has 0 aliphatic carbocycles. The zero-order chi connectivity index (χ0) is 15.7. The normalized spacial score (nSPS) is 17.0. The Labute approximate surface area is 123 Å². The summed E-state index contributed by atoms with van der Waals surface area (Å²) in [4.78, 5) is 23.5. The molecule has 1 aliphatic rings. The van der Waals surface area contributed by atoms with Crippen LogP contribution >= 0.6 is 0 Å². The highest BCUT2D eigenvalue weighted by Gasteiger charge is 2.46. The lowest BCUT2D eigenvalue weighted by atomic mass is 9.86. The summed E-state index contributed by atoms with van der Waals surface area (Å²) in [5.74, 6) is 0. The monoisotopic (exact) mass is 292 g/mol. The van der Waals surface area contributed by atoms with Gasteiger partial charge in [-0.2, -0.15) is 4.91 Å². The molecule has 1 N–H and O–H groups in total. The summed E-state index contributed by atoms with van der Waals surface area (Å²) in [5.41, 5.74) is -0.0872. The van der Waals surface area contributed by atoms with Crippen LogP contribution in [0.5, 0.6) is 0 Å². The molecule has 21 heavy (non-hydrogen) atoms. The predicted octanol–water partition coefficient (Wildman–Crippen LogP) is 2.39. The molecule has 114 valence electrons. The molecule has 0 bridgehead atoms. The Bertz CT molecular complexity index is 528. The number of hydrogen-bond acceptors (Lipinski definition) is 5. The second kappa shape index (κ2) is 5.44. The number of nitroso groups, excluding NO2 is 1. The van der Waals surface area contributed by atoms with Crippen molar-refractivity contribution in [1.82, 2.24) is 4.90 Å². The maximum absolute atomic E-state index is 11.8. The number of benzene rings is 1. The van der Waals surface area contributed by atoms with Crippen LogP contribution in [0.1, 0.15) is 31.9 Å². The number of β-amino-alcohol motifs (C(OH)–C–C–N with tert-alkyl or cyclic N) is 1. The van der Waals surface area contributed by atoms with Gasteiger partial charge < -0.3 is 14.7 Å². The van der Waals surface area contributed by atoms with Crippen molar-refractivity contribution in [2.24, 2.45) is 5.18 Å². The van der Waals surface area contributed by atoms with Crippen LogP contribution in [0.15, 0.2) is 29.4 Å². The minimum atomic E-state index is -1.05. The van der Waals surface area contributed by atoms with Crippen molar-refractivity contribution in [3.05, 3.63) is 40.3 Å². The number of likely N-dealkylation sites (tertiary alicyclic amines) is 1. The van der Waals surface area contributed by atoms with Gasteiger partial charge in [0.15, 0.2) is 0 Å². The number of nitrogens with zero attached hydrogens (tertiary/aromatic N) is 2. The van der Waals surface area contributed by atoms with Crippen LogP contribution in [-0.2, 0) is 16.9 Å². The summed E-state index contributed by atoms with van der Waals surface area (Å²) >= 11 is 0. The minimum Gasteiger partial charge on any atom is -0.444 e. The molecular weight excluding hydrogens is 272 g/mol. The van der Waals surface area contributed by atoms with E-state index < -0.39 is 17.3 Å². The Hall–Kier alpha value is -1.95. The Kier molecular flexibility index (Phi) is 4.00. The van der Waals surface area contributed by atoms with Gasteiger partial charge in [-0.1, -0.05) is 29.4 Å². The minimum absolute atomic E-state index is 0.114. The van der Waals surface area contributed by atoms with Crippen molar-refractivity contribution < 1.29 is 14.6 Å². The first-order chi connectivity index (χ1) is 9.73. The van der Waals surface area contributed by atoms with E-state index in [1.54, 1.807) is 45.0 Å². The van der Waals surface area contributed by atoms with Gasteiger partial charge in [-0.25, -0.2) is 4.79 Å². The summed E-state index contributed by atoms with van der Waals surface area (Å²) in [5, 5.41) is 13.3. The molecule has 0 aromatic heterocycles. The van der Waals surface area contributed by atoms with Crippen molar-refractivity contribution >= 4 is 6.09 Å². The molecule has 2 rings (SSSR count). The molecule has 0 saturated carbocycles. The number of ether oxygens (including phenoxy) is 1. The van der Waals surface area contributed by atoms with Crippen molar-refractivity contribution in [1.29, 1.82) is 0 Å². The van der Waals surface area contributed by atoms with E-state index in [1.807, 2.05) is 0 Å². The van der Waals surface area contributed by atoms with Crippen molar-refractivity contribution in [2.45, 2.75) is 38.5 Å². The van der Waals surface area contributed by atoms with Gasteiger partial charge in [-0.3, -0.25) is 0 Å². The molecule has 0 atom stereocenters. The molecule has 1 aliphatic heterocycles. The first-order valence-corrected chi connectivity index (χ1v) is 6.82. The maximum atomic E-state index is 11.8. The molecule has 0 radical (unpaired) electrons. The van der Waals surface area contributed by atoms with Gasteiger partial charge in [0.25, 0.3) is 0 Å². The SMILES string of the molecule is CC(C)(C)OC(=O)N1CC(O)(c2ccc(CN=O)cc2)C1. The van der Waals surface area contributed by atoms with Gasteiger partial charge in [0.05, 0.1) is 13.1 Å². The third-order valence-electron chi connectivity index (χ3n) is 3.29. The number of amides is 1. The quantitative estimate of drug-likeness (QED) is 0.867. The largest absolute Gasteiger partial charge is 0.444 e. The molecule has 0 unspecified atom stereocenters. The van der Waals surface area contributed by atoms with E-state index in [4.69, 9.17) is 4.74 Å². The lowest BCUT2D eigenvalue weighted by Crippen LogP contribution is -2.61. The second-order valence-electron chi connectivity index (χ2n) is 6.35. The summed E-state index contributed by atoms with van der Waals surface area (Å²) in [6, 6.07) is 7.02. The summed E-state index contributed by atoms with van der Waals surface area (Å²) in [6.45, 7) is 5.92. The number of aliphatic hydroxyl groups is 1. The molecule has 1 amide bonds. The fourth-order valence-electron chi connectivity index (χ4n) is 2.22. The summed E-state index contributed by atoms with van der Waals surface area (Å²) in [6.07, 6.45) is -0.422. The van der Waals surface area contributed by atoms with Crippen LogP contribution in [0.3, 0.4) is 0 Å². The van der Waals surface area contributed by atoms with E-state index in [9.17, 15) is 14.8 Å². The average Bonchev–Trinajstić information content (AvgIpc) is 2.34. The first kappa shape index (κ1) is 15.4. The van der Waals surface area contributed by atoms with Crippen LogP contribution in [0, 0.1) is 4.91 Å². The van der Waals surface area contributed by atoms with Crippen LogP contribution in [0.2, 0.25) is 0 Å². The molecular formula is C15H20N2O4. The van der Waals surface area contributed by atoms with Gasteiger partial charge in [0, 0.05) is 0 Å². The molecule has 1 aromatic rings. The molecule has 1 heterocycles. The zero-order valence-corrected chi connectivity index (χ0v) is 12.5. The lowest BCUT2D eigenvalue weighted by Gasteiger charge is -2.46. The molecule has 1 aromatic carbocycles. The van der Waals surface area contributed by atoms with Crippen LogP contribution in [0.25, 0.3) is 0 Å². The summed E-state index contributed by atoms with van der Waals surface area (Å²) in [7, 11) is 0. The van der Waals surface area contributed by atoms with E-state index in [0.29, 0.717) is 0 Å². The van der Waals surface area contributed by atoms with Crippen LogP contribution in [0.4, 0.5) is 4.79 Å². The highest BCUT2D eigenvalue weighted by atomic mass is 16.6. The lowest BCUT2D eigenvalue weighted by molar-refractivity contribution is -0.103. The van der Waals surface area contributed by atoms with E-state index in [-0.39, 0.29) is 19.6 Å². The van der Waals surface area contributed by atoms with Crippen molar-refractivity contribution in [3.63, 3.8) is 0 Å². The smallest absolute Gasteiger partial charge is 0.410 e. The predicted molar refractivity (Wildman–Crippen MR) is 77.6 cm³/mol. The van der Waals surface area contributed by atoms with Gasteiger partial charge in [0.2, 0.25) is 0 Å². The maximum Gasteiger partial charge on any atom is 0.410 e. The molecule has 0 spiro atoms. The zero-order valence-electron chi connectivity index (χ0n) is 12.5. The third kappa shape index (κ3) is 3.58. The highest BCUT2D eigenvalue weighted by molar-refractivity contribution is 5.70. The first-order valence-electron chi connectivity index (χ1n) is 6.82. The fraction of sp³-hybridized carbons (Fsp3) is 0.533. The Morgan fingerprint density at radius 2 is 1.90 bits per heavy atom. The molecule has 6 nitrogen and oxygen atoms in total. The highest BCUT2D eigenvalue weighted by Crippen LogP contribution is 2.33. The van der Waals surface area contributed by atoms with Gasteiger partial charge in [-0.15, -0.1) is 0 Å². The molecule has 6 heteroatoms. The average molecular weight is 292 g/mol. The number of hydrogen-bond donors (Lipinski definition) is 1. The van der Waals surface area contributed by atoms with E-state index in [0.717, 1.165) is 11.1 Å². The van der Waals surface area contributed by atoms with Gasteiger partial charge in [-0.05, 0) is 31.9 Å². The van der Waals surface area contributed by atoms with Crippen LogP contribution in [-0.4, -0.2) is 34.8 Å².